The number of aromatic nitrogens is 3. The van der Waals surface area contributed by atoms with E-state index in [4.69, 9.17) is 4.42 Å². The first-order chi connectivity index (χ1) is 8.72. The summed E-state index contributed by atoms with van der Waals surface area (Å²) in [5.74, 6) is 0.991. The zero-order valence-electron chi connectivity index (χ0n) is 10.0. The van der Waals surface area contributed by atoms with Gasteiger partial charge >= 0.3 is 0 Å². The lowest BCUT2D eigenvalue weighted by Gasteiger charge is -1.94. The quantitative estimate of drug-likeness (QED) is 0.705. The molecule has 3 aromatic rings. The summed E-state index contributed by atoms with van der Waals surface area (Å²) in [7, 11) is 0. The van der Waals surface area contributed by atoms with E-state index < -0.39 is 0 Å². The molecule has 2 heterocycles. The summed E-state index contributed by atoms with van der Waals surface area (Å²) >= 11 is 1.57. The van der Waals surface area contributed by atoms with Crippen LogP contribution in [0, 0.1) is 13.8 Å². The van der Waals surface area contributed by atoms with Crippen LogP contribution in [-0.2, 0) is 0 Å². The molecule has 0 unspecified atom stereocenters. The Kier molecular flexibility index (Phi) is 2.68. The third-order valence-electron chi connectivity index (χ3n) is 2.56. The lowest BCUT2D eigenvalue weighted by molar-refractivity contribution is 0.582. The topological polar surface area (TPSA) is 51.8 Å². The number of hydrogen-bond acceptors (Lipinski definition) is 5. The van der Waals surface area contributed by atoms with Gasteiger partial charge in [0.25, 0.3) is 5.89 Å². The highest BCUT2D eigenvalue weighted by molar-refractivity contribution is 7.09. The van der Waals surface area contributed by atoms with Crippen molar-refractivity contribution in [1.82, 2.24) is 15.2 Å². The maximum Gasteiger partial charge on any atom is 0.267 e. The Bertz CT molecular complexity index is 670. The maximum absolute atomic E-state index is 5.63. The van der Waals surface area contributed by atoms with Gasteiger partial charge in [0.05, 0.1) is 5.01 Å². The minimum Gasteiger partial charge on any atom is -0.415 e. The zero-order chi connectivity index (χ0) is 12.5. The van der Waals surface area contributed by atoms with Crippen molar-refractivity contribution in [3.8, 4) is 23.0 Å². The molecule has 0 aliphatic heterocycles. The SMILES string of the molecule is Cc1ccc(-c2nnc(-c3csc(C)n3)o2)cc1. The third kappa shape index (κ3) is 2.04. The average molecular weight is 257 g/mol. The van der Waals surface area contributed by atoms with Crippen molar-refractivity contribution in [2.45, 2.75) is 13.8 Å². The lowest BCUT2D eigenvalue weighted by atomic mass is 10.1. The molecule has 0 saturated heterocycles. The second-order valence-electron chi connectivity index (χ2n) is 4.03. The van der Waals surface area contributed by atoms with Crippen molar-refractivity contribution in [2.24, 2.45) is 0 Å². The van der Waals surface area contributed by atoms with Crippen LogP contribution >= 0.6 is 11.3 Å². The highest BCUT2D eigenvalue weighted by Gasteiger charge is 2.12. The van der Waals surface area contributed by atoms with Crippen molar-refractivity contribution in [3.63, 3.8) is 0 Å². The summed E-state index contributed by atoms with van der Waals surface area (Å²) < 4.78 is 5.63. The first kappa shape index (κ1) is 11.1. The Labute approximate surface area is 108 Å². The van der Waals surface area contributed by atoms with Crippen LogP contribution in [0.5, 0.6) is 0 Å². The Morgan fingerprint density at radius 3 is 2.39 bits per heavy atom. The monoisotopic (exact) mass is 257 g/mol. The first-order valence-electron chi connectivity index (χ1n) is 5.55. The van der Waals surface area contributed by atoms with Gasteiger partial charge in [-0.1, -0.05) is 17.7 Å². The minimum atomic E-state index is 0.468. The summed E-state index contributed by atoms with van der Waals surface area (Å²) in [5, 5.41) is 11.0. The van der Waals surface area contributed by atoms with Crippen LogP contribution < -0.4 is 0 Å². The van der Waals surface area contributed by atoms with E-state index >= 15 is 0 Å². The molecule has 0 aliphatic carbocycles. The number of benzene rings is 1. The molecule has 0 radical (unpaired) electrons. The standard InChI is InChI=1S/C13H11N3OS/c1-8-3-5-10(6-4-8)12-15-16-13(17-12)11-7-18-9(2)14-11/h3-7H,1-2H3. The molecule has 3 rings (SSSR count). The van der Waals surface area contributed by atoms with Gasteiger partial charge in [-0.05, 0) is 26.0 Å². The molecule has 0 amide bonds. The van der Waals surface area contributed by atoms with Crippen LogP contribution in [0.4, 0.5) is 0 Å². The number of rotatable bonds is 2. The largest absolute Gasteiger partial charge is 0.415 e. The average Bonchev–Trinajstić information content (AvgIpc) is 2.98. The third-order valence-corrected chi connectivity index (χ3v) is 3.34. The van der Waals surface area contributed by atoms with Gasteiger partial charge in [-0.15, -0.1) is 21.5 Å². The molecule has 1 aromatic carbocycles. The fraction of sp³-hybridized carbons (Fsp3) is 0.154. The van der Waals surface area contributed by atoms with E-state index in [1.165, 1.54) is 5.56 Å². The predicted octanol–water partition coefficient (Wildman–Crippen LogP) is 3.48. The Morgan fingerprint density at radius 1 is 1.00 bits per heavy atom. The molecule has 2 aromatic heterocycles. The fourth-order valence-corrected chi connectivity index (χ4v) is 2.19. The molecule has 0 fully saturated rings. The van der Waals surface area contributed by atoms with Gasteiger partial charge in [0.2, 0.25) is 5.89 Å². The highest BCUT2D eigenvalue weighted by atomic mass is 32.1. The molecule has 5 heteroatoms. The summed E-state index contributed by atoms with van der Waals surface area (Å²) in [4.78, 5) is 4.32. The summed E-state index contributed by atoms with van der Waals surface area (Å²) in [5.41, 5.74) is 2.86. The van der Waals surface area contributed by atoms with E-state index in [-0.39, 0.29) is 0 Å². The van der Waals surface area contributed by atoms with Gasteiger partial charge < -0.3 is 4.42 Å². The number of aryl methyl sites for hydroxylation is 2. The normalized spacial score (nSPS) is 10.8. The van der Waals surface area contributed by atoms with E-state index in [1.807, 2.05) is 43.5 Å². The highest BCUT2D eigenvalue weighted by Crippen LogP contribution is 2.24. The molecule has 0 aliphatic rings. The fourth-order valence-electron chi connectivity index (χ4n) is 1.60. The zero-order valence-corrected chi connectivity index (χ0v) is 10.9. The second-order valence-corrected chi connectivity index (χ2v) is 5.09. The Hall–Kier alpha value is -2.01. The second kappa shape index (κ2) is 4.34. The Morgan fingerprint density at radius 2 is 1.72 bits per heavy atom. The molecule has 4 nitrogen and oxygen atoms in total. The molecule has 0 spiro atoms. The van der Waals surface area contributed by atoms with Crippen molar-refractivity contribution < 1.29 is 4.42 Å². The number of nitrogens with zero attached hydrogens (tertiary/aromatic N) is 3. The molecule has 0 N–H and O–H groups in total. The van der Waals surface area contributed by atoms with E-state index in [9.17, 15) is 0 Å². The molecule has 90 valence electrons. The maximum atomic E-state index is 5.63. The van der Waals surface area contributed by atoms with Crippen LogP contribution in [0.2, 0.25) is 0 Å². The molecule has 18 heavy (non-hydrogen) atoms. The summed E-state index contributed by atoms with van der Waals surface area (Å²) in [6.45, 7) is 3.99. The van der Waals surface area contributed by atoms with Gasteiger partial charge in [0, 0.05) is 10.9 Å². The molecule has 0 atom stereocenters. The van der Waals surface area contributed by atoms with Gasteiger partial charge in [-0.25, -0.2) is 4.98 Å². The lowest BCUT2D eigenvalue weighted by Crippen LogP contribution is -1.78. The first-order valence-corrected chi connectivity index (χ1v) is 6.43. The minimum absolute atomic E-state index is 0.468. The van der Waals surface area contributed by atoms with Crippen molar-refractivity contribution in [3.05, 3.63) is 40.2 Å². The van der Waals surface area contributed by atoms with E-state index in [0.29, 0.717) is 11.8 Å². The van der Waals surface area contributed by atoms with Crippen molar-refractivity contribution >= 4 is 11.3 Å². The molecule has 0 saturated carbocycles. The molecular weight excluding hydrogens is 246 g/mol. The van der Waals surface area contributed by atoms with E-state index in [0.717, 1.165) is 16.3 Å². The van der Waals surface area contributed by atoms with Crippen LogP contribution in [0.1, 0.15) is 10.6 Å². The van der Waals surface area contributed by atoms with Crippen molar-refractivity contribution in [2.75, 3.05) is 0 Å². The van der Waals surface area contributed by atoms with Gasteiger partial charge in [-0.3, -0.25) is 0 Å². The summed E-state index contributed by atoms with van der Waals surface area (Å²) in [6.07, 6.45) is 0. The molecule has 0 bridgehead atoms. The van der Waals surface area contributed by atoms with Gasteiger partial charge in [0.15, 0.2) is 0 Å². The van der Waals surface area contributed by atoms with Crippen LogP contribution in [-0.4, -0.2) is 15.2 Å². The predicted molar refractivity (Wildman–Crippen MR) is 70.3 cm³/mol. The van der Waals surface area contributed by atoms with Crippen molar-refractivity contribution in [1.29, 1.82) is 0 Å². The number of thiazole rings is 1. The van der Waals surface area contributed by atoms with Crippen LogP contribution in [0.25, 0.3) is 23.0 Å². The smallest absolute Gasteiger partial charge is 0.267 e. The van der Waals surface area contributed by atoms with Gasteiger partial charge in [0.1, 0.15) is 5.69 Å². The Balaban J connectivity index is 1.96. The van der Waals surface area contributed by atoms with Crippen LogP contribution in [0.15, 0.2) is 34.1 Å². The van der Waals surface area contributed by atoms with Crippen LogP contribution in [0.3, 0.4) is 0 Å². The summed E-state index contributed by atoms with van der Waals surface area (Å²) in [6, 6.07) is 7.98. The van der Waals surface area contributed by atoms with E-state index in [2.05, 4.69) is 15.2 Å². The number of hydrogen-bond donors (Lipinski definition) is 0. The van der Waals surface area contributed by atoms with Gasteiger partial charge in [-0.2, -0.15) is 0 Å². The molecular formula is C13H11N3OS. The van der Waals surface area contributed by atoms with E-state index in [1.54, 1.807) is 11.3 Å².